The van der Waals surface area contributed by atoms with Crippen LogP contribution in [0.3, 0.4) is 0 Å². The molecule has 0 saturated heterocycles. The fraction of sp³-hybridized carbons (Fsp3) is 0.500. The molecule has 0 saturated carbocycles. The van der Waals surface area contributed by atoms with Crippen molar-refractivity contribution in [2.24, 2.45) is 0 Å². The number of thiophene rings is 1. The summed E-state index contributed by atoms with van der Waals surface area (Å²) in [6, 6.07) is 2.81. The van der Waals surface area contributed by atoms with Crippen LogP contribution < -0.4 is 5.32 Å². The number of likely N-dealkylation sites (N-methyl/N-ethyl adjacent to an activating group) is 1. The zero-order valence-corrected chi connectivity index (χ0v) is 15.0. The summed E-state index contributed by atoms with van der Waals surface area (Å²) in [5.41, 5.74) is 0. The number of nitrogens with zero attached hydrogens (tertiary/aromatic N) is 1. The molecule has 0 aliphatic rings. The third kappa shape index (κ3) is 6.43. The number of hydrogen-bond acceptors (Lipinski definition) is 7. The zero-order chi connectivity index (χ0) is 17.5. The SMILES string of the molecule is COCCNC(=O)COC(=O)CN(C)S(=O)(=O)c1ccc(Cl)s1. The van der Waals surface area contributed by atoms with Crippen LogP contribution in [0.4, 0.5) is 0 Å². The second-order valence-electron chi connectivity index (χ2n) is 4.32. The second kappa shape index (κ2) is 9.18. The number of ether oxygens (including phenoxy) is 2. The molecule has 0 fully saturated rings. The van der Waals surface area contributed by atoms with Crippen molar-refractivity contribution in [1.82, 2.24) is 9.62 Å². The van der Waals surface area contributed by atoms with E-state index in [1.807, 2.05) is 0 Å². The number of hydrogen-bond donors (Lipinski definition) is 1. The molecule has 0 atom stereocenters. The van der Waals surface area contributed by atoms with Crippen LogP contribution in [0.15, 0.2) is 16.3 Å². The molecule has 1 heterocycles. The largest absolute Gasteiger partial charge is 0.455 e. The summed E-state index contributed by atoms with van der Waals surface area (Å²) in [6.45, 7) is -0.366. The molecule has 0 aliphatic heterocycles. The maximum atomic E-state index is 12.2. The Morgan fingerprint density at radius 1 is 1.39 bits per heavy atom. The fourth-order valence-electron chi connectivity index (χ4n) is 1.39. The monoisotopic (exact) mass is 384 g/mol. The van der Waals surface area contributed by atoms with E-state index in [1.165, 1.54) is 26.3 Å². The normalized spacial score (nSPS) is 11.5. The molecule has 11 heteroatoms. The molecule has 0 radical (unpaired) electrons. The average Bonchev–Trinajstić information content (AvgIpc) is 2.92. The Hall–Kier alpha value is -1.20. The van der Waals surface area contributed by atoms with E-state index in [2.05, 4.69) is 5.32 Å². The lowest BCUT2D eigenvalue weighted by molar-refractivity contribution is -0.148. The summed E-state index contributed by atoms with van der Waals surface area (Å²) in [4.78, 5) is 23.0. The molecule has 1 N–H and O–H groups in total. The first kappa shape index (κ1) is 19.8. The molecule has 23 heavy (non-hydrogen) atoms. The predicted molar refractivity (Wildman–Crippen MR) is 85.0 cm³/mol. The molecule has 1 rings (SSSR count). The van der Waals surface area contributed by atoms with Gasteiger partial charge in [-0.2, -0.15) is 4.31 Å². The molecule has 0 bridgehead atoms. The Labute approximate surface area is 143 Å². The van der Waals surface area contributed by atoms with Gasteiger partial charge in [0.25, 0.3) is 15.9 Å². The first-order valence-corrected chi connectivity index (χ1v) is 9.03. The molecule has 0 unspecified atom stereocenters. The highest BCUT2D eigenvalue weighted by Crippen LogP contribution is 2.27. The molecular weight excluding hydrogens is 368 g/mol. The lowest BCUT2D eigenvalue weighted by Crippen LogP contribution is -2.35. The number of carbonyl (C=O) groups excluding carboxylic acids is 2. The standard InChI is InChI=1S/C12H17ClN2O6S2/c1-15(23(18,19)12-4-3-9(13)22-12)7-11(17)21-8-10(16)14-5-6-20-2/h3-4H,5-8H2,1-2H3,(H,14,16). The van der Waals surface area contributed by atoms with Crippen LogP contribution in [-0.4, -0.2) is 65.1 Å². The van der Waals surface area contributed by atoms with Crippen molar-refractivity contribution in [3.05, 3.63) is 16.5 Å². The smallest absolute Gasteiger partial charge is 0.321 e. The molecule has 8 nitrogen and oxygen atoms in total. The molecule has 130 valence electrons. The minimum absolute atomic E-state index is 0.0232. The van der Waals surface area contributed by atoms with Gasteiger partial charge in [0.2, 0.25) is 0 Å². The van der Waals surface area contributed by atoms with E-state index in [0.29, 0.717) is 17.5 Å². The Balaban J connectivity index is 2.46. The van der Waals surface area contributed by atoms with Crippen molar-refractivity contribution in [1.29, 1.82) is 0 Å². The van der Waals surface area contributed by atoms with Crippen molar-refractivity contribution in [2.75, 3.05) is 40.5 Å². The topological polar surface area (TPSA) is 102 Å². The first-order valence-electron chi connectivity index (χ1n) is 6.40. The molecule has 1 aromatic rings. The number of nitrogens with one attached hydrogen (secondary N) is 1. The lowest BCUT2D eigenvalue weighted by Gasteiger charge is -2.15. The summed E-state index contributed by atoms with van der Waals surface area (Å²) in [5.74, 6) is -1.33. The van der Waals surface area contributed by atoms with Crippen LogP contribution in [0.5, 0.6) is 0 Å². The molecule has 0 spiro atoms. The van der Waals surface area contributed by atoms with Gasteiger partial charge in [-0.05, 0) is 12.1 Å². The van der Waals surface area contributed by atoms with E-state index in [4.69, 9.17) is 21.1 Å². The Kier molecular flexibility index (Phi) is 7.92. The maximum absolute atomic E-state index is 12.2. The number of rotatable bonds is 9. The number of carbonyl (C=O) groups is 2. The van der Waals surface area contributed by atoms with Gasteiger partial charge < -0.3 is 14.8 Å². The maximum Gasteiger partial charge on any atom is 0.321 e. The minimum Gasteiger partial charge on any atom is -0.455 e. The van der Waals surface area contributed by atoms with Crippen LogP contribution in [0, 0.1) is 0 Å². The molecule has 0 aliphatic carbocycles. The van der Waals surface area contributed by atoms with Crippen molar-refractivity contribution < 1.29 is 27.5 Å². The fourth-order valence-corrected chi connectivity index (χ4v) is 4.20. The highest BCUT2D eigenvalue weighted by atomic mass is 35.5. The van der Waals surface area contributed by atoms with E-state index < -0.39 is 35.1 Å². The average molecular weight is 385 g/mol. The van der Waals surface area contributed by atoms with Gasteiger partial charge in [0.15, 0.2) is 6.61 Å². The van der Waals surface area contributed by atoms with Gasteiger partial charge in [-0.3, -0.25) is 9.59 Å². The van der Waals surface area contributed by atoms with Gasteiger partial charge in [0.1, 0.15) is 10.8 Å². The number of esters is 1. The van der Waals surface area contributed by atoms with E-state index >= 15 is 0 Å². The van der Waals surface area contributed by atoms with Crippen LogP contribution in [-0.2, 0) is 29.1 Å². The van der Waals surface area contributed by atoms with E-state index in [1.54, 1.807) is 0 Å². The van der Waals surface area contributed by atoms with Crippen LogP contribution in [0.25, 0.3) is 0 Å². The van der Waals surface area contributed by atoms with E-state index in [9.17, 15) is 18.0 Å². The van der Waals surface area contributed by atoms with Crippen molar-refractivity contribution in [3.63, 3.8) is 0 Å². The van der Waals surface area contributed by atoms with Gasteiger partial charge in [-0.25, -0.2) is 8.42 Å². The lowest BCUT2D eigenvalue weighted by atomic mass is 10.5. The molecule has 1 aromatic heterocycles. The quantitative estimate of drug-likeness (QED) is 0.486. The zero-order valence-electron chi connectivity index (χ0n) is 12.6. The van der Waals surface area contributed by atoms with Crippen LogP contribution in [0.2, 0.25) is 4.34 Å². The second-order valence-corrected chi connectivity index (χ2v) is 8.31. The van der Waals surface area contributed by atoms with Crippen LogP contribution >= 0.6 is 22.9 Å². The first-order chi connectivity index (χ1) is 10.8. The molecule has 0 aromatic carbocycles. The summed E-state index contributed by atoms with van der Waals surface area (Å²) < 4.78 is 35.0. The number of sulfonamides is 1. The third-order valence-electron chi connectivity index (χ3n) is 2.56. The molecule has 1 amide bonds. The van der Waals surface area contributed by atoms with Gasteiger partial charge in [0.05, 0.1) is 10.9 Å². The minimum atomic E-state index is -3.82. The van der Waals surface area contributed by atoms with E-state index in [-0.39, 0.29) is 4.21 Å². The van der Waals surface area contributed by atoms with Crippen LogP contribution in [0.1, 0.15) is 0 Å². The number of amides is 1. The third-order valence-corrected chi connectivity index (χ3v) is 6.06. The Morgan fingerprint density at radius 3 is 2.65 bits per heavy atom. The number of methoxy groups -OCH3 is 1. The Morgan fingerprint density at radius 2 is 2.09 bits per heavy atom. The van der Waals surface area contributed by atoms with Gasteiger partial charge in [-0.1, -0.05) is 11.6 Å². The predicted octanol–water partition coefficient (Wildman–Crippen LogP) is 0.328. The highest BCUT2D eigenvalue weighted by molar-refractivity contribution is 7.91. The number of halogens is 1. The van der Waals surface area contributed by atoms with Gasteiger partial charge in [0, 0.05) is 20.7 Å². The summed E-state index contributed by atoms with van der Waals surface area (Å²) in [6.07, 6.45) is 0. The summed E-state index contributed by atoms with van der Waals surface area (Å²) >= 11 is 6.59. The van der Waals surface area contributed by atoms with Gasteiger partial charge >= 0.3 is 5.97 Å². The summed E-state index contributed by atoms with van der Waals surface area (Å²) in [5, 5.41) is 2.47. The van der Waals surface area contributed by atoms with Gasteiger partial charge in [-0.15, -0.1) is 11.3 Å². The van der Waals surface area contributed by atoms with Crippen molar-refractivity contribution in [3.8, 4) is 0 Å². The molecular formula is C12H17ClN2O6S2. The van der Waals surface area contributed by atoms with E-state index in [0.717, 1.165) is 15.6 Å². The highest BCUT2D eigenvalue weighted by Gasteiger charge is 2.25. The van der Waals surface area contributed by atoms with Crippen molar-refractivity contribution >= 4 is 44.8 Å². The van der Waals surface area contributed by atoms with Crippen molar-refractivity contribution in [2.45, 2.75) is 4.21 Å². The Bertz CT molecular complexity index is 646. The summed E-state index contributed by atoms with van der Waals surface area (Å²) in [7, 11) is -1.09.